The van der Waals surface area contributed by atoms with Crippen LogP contribution in [0.15, 0.2) is 65.9 Å². The summed E-state index contributed by atoms with van der Waals surface area (Å²) < 4.78 is 4.95. The van der Waals surface area contributed by atoms with Crippen LogP contribution >= 0.6 is 0 Å². The first-order valence-electron chi connectivity index (χ1n) is 11.0. The van der Waals surface area contributed by atoms with Crippen molar-refractivity contribution in [2.45, 2.75) is 19.9 Å². The maximum Gasteiger partial charge on any atom is 0.257 e. The van der Waals surface area contributed by atoms with Gasteiger partial charge in [0.05, 0.1) is 40.6 Å². The fourth-order valence-electron chi connectivity index (χ4n) is 3.97. The molecule has 0 spiro atoms. The van der Waals surface area contributed by atoms with E-state index in [0.717, 1.165) is 36.7 Å². The summed E-state index contributed by atoms with van der Waals surface area (Å²) in [4.78, 5) is 34.8. The molecule has 0 saturated carbocycles. The van der Waals surface area contributed by atoms with Crippen LogP contribution < -0.4 is 15.1 Å². The molecular formula is C24H24N8O2. The van der Waals surface area contributed by atoms with Crippen molar-refractivity contribution in [1.29, 1.82) is 0 Å². The van der Waals surface area contributed by atoms with E-state index in [1.54, 1.807) is 24.5 Å². The first kappa shape index (κ1) is 21.5. The lowest BCUT2D eigenvalue weighted by Gasteiger charge is -2.40. The van der Waals surface area contributed by atoms with E-state index in [-0.39, 0.29) is 11.9 Å². The van der Waals surface area contributed by atoms with Gasteiger partial charge in [-0.3, -0.25) is 9.78 Å². The quantitative estimate of drug-likeness (QED) is 0.484. The van der Waals surface area contributed by atoms with Gasteiger partial charge in [-0.15, -0.1) is 0 Å². The molecule has 0 unspecified atom stereocenters. The molecule has 1 amide bonds. The molecule has 1 atom stereocenters. The molecule has 10 nitrogen and oxygen atoms in total. The molecule has 0 radical (unpaired) electrons. The Morgan fingerprint density at radius 1 is 1.06 bits per heavy atom. The first-order valence-corrected chi connectivity index (χ1v) is 11.0. The molecular weight excluding hydrogens is 432 g/mol. The first-order chi connectivity index (χ1) is 16.6. The van der Waals surface area contributed by atoms with Crippen molar-refractivity contribution >= 4 is 23.4 Å². The number of pyridine rings is 2. The van der Waals surface area contributed by atoms with E-state index in [1.807, 2.05) is 31.3 Å². The van der Waals surface area contributed by atoms with Crippen molar-refractivity contribution in [3.05, 3.63) is 72.6 Å². The smallest absolute Gasteiger partial charge is 0.257 e. The molecule has 34 heavy (non-hydrogen) atoms. The molecule has 5 rings (SSSR count). The Kier molecular flexibility index (Phi) is 5.86. The highest BCUT2D eigenvalue weighted by molar-refractivity contribution is 6.04. The Labute approximate surface area is 196 Å². The molecule has 5 heterocycles. The predicted molar refractivity (Wildman–Crippen MR) is 128 cm³/mol. The standard InChI is InChI=1S/C24H24N8O2/c1-16-14-31(22-5-3-4-8-25-22)9-10-32(16)24-27-12-19(13-28-24)29-23(33)18-6-7-21(26-11-18)20-15-34-30-17(20)2/h3-8,11-13,15-16H,9-10,14H2,1-2H3,(H,29,33)/t16-/m0/s1. The van der Waals surface area contributed by atoms with E-state index in [0.29, 0.717) is 22.9 Å². The Morgan fingerprint density at radius 2 is 1.91 bits per heavy atom. The van der Waals surface area contributed by atoms with Gasteiger partial charge in [0.25, 0.3) is 5.91 Å². The SMILES string of the molecule is Cc1nocc1-c1ccc(C(=O)Nc2cnc(N3CCN(c4ccccn4)C[C@@H]3C)nc2)cn1. The Morgan fingerprint density at radius 3 is 2.56 bits per heavy atom. The number of piperazine rings is 1. The van der Waals surface area contributed by atoms with Crippen molar-refractivity contribution in [3.63, 3.8) is 0 Å². The van der Waals surface area contributed by atoms with E-state index >= 15 is 0 Å². The third-order valence-corrected chi connectivity index (χ3v) is 5.81. The van der Waals surface area contributed by atoms with Gasteiger partial charge in [-0.2, -0.15) is 0 Å². The summed E-state index contributed by atoms with van der Waals surface area (Å²) >= 11 is 0. The van der Waals surface area contributed by atoms with E-state index in [1.165, 1.54) is 12.5 Å². The third-order valence-electron chi connectivity index (χ3n) is 5.81. The lowest BCUT2D eigenvalue weighted by atomic mass is 10.1. The topological polar surface area (TPSA) is 113 Å². The minimum Gasteiger partial charge on any atom is -0.364 e. The van der Waals surface area contributed by atoms with Gasteiger partial charge in [-0.25, -0.2) is 15.0 Å². The molecule has 1 aliphatic heterocycles. The molecule has 0 aliphatic carbocycles. The lowest BCUT2D eigenvalue weighted by Crippen LogP contribution is -2.53. The molecule has 1 N–H and O–H groups in total. The zero-order chi connectivity index (χ0) is 23.5. The zero-order valence-electron chi connectivity index (χ0n) is 18.9. The number of aromatic nitrogens is 5. The van der Waals surface area contributed by atoms with Crippen LogP contribution in [0.2, 0.25) is 0 Å². The van der Waals surface area contributed by atoms with Crippen LogP contribution in [0.1, 0.15) is 23.0 Å². The van der Waals surface area contributed by atoms with Crippen molar-refractivity contribution in [2.24, 2.45) is 0 Å². The van der Waals surface area contributed by atoms with Crippen LogP contribution in [0.3, 0.4) is 0 Å². The van der Waals surface area contributed by atoms with E-state index in [2.05, 4.69) is 47.1 Å². The molecule has 1 saturated heterocycles. The normalized spacial score (nSPS) is 15.9. The Balaban J connectivity index is 1.21. The average molecular weight is 457 g/mol. The summed E-state index contributed by atoms with van der Waals surface area (Å²) in [7, 11) is 0. The average Bonchev–Trinajstić information content (AvgIpc) is 3.31. The molecule has 10 heteroatoms. The van der Waals surface area contributed by atoms with Crippen molar-refractivity contribution in [3.8, 4) is 11.3 Å². The largest absolute Gasteiger partial charge is 0.364 e. The fraction of sp³-hybridized carbons (Fsp3) is 0.250. The molecule has 4 aromatic heterocycles. The number of rotatable bonds is 5. The lowest BCUT2D eigenvalue weighted by molar-refractivity contribution is 0.102. The summed E-state index contributed by atoms with van der Waals surface area (Å²) in [5.74, 6) is 1.34. The number of carbonyl (C=O) groups excluding carboxylic acids is 1. The molecule has 1 aliphatic rings. The zero-order valence-corrected chi connectivity index (χ0v) is 18.9. The number of hydrogen-bond donors (Lipinski definition) is 1. The molecule has 172 valence electrons. The fourth-order valence-corrected chi connectivity index (χ4v) is 3.97. The highest BCUT2D eigenvalue weighted by Gasteiger charge is 2.26. The number of nitrogens with zero attached hydrogens (tertiary/aromatic N) is 7. The third kappa shape index (κ3) is 4.42. The van der Waals surface area contributed by atoms with Gasteiger partial charge < -0.3 is 19.6 Å². The van der Waals surface area contributed by atoms with Crippen molar-refractivity contribution < 1.29 is 9.32 Å². The van der Waals surface area contributed by atoms with E-state index in [9.17, 15) is 4.79 Å². The summed E-state index contributed by atoms with van der Waals surface area (Å²) in [6.07, 6.45) is 8.12. The van der Waals surface area contributed by atoms with Crippen LogP contribution in [0.25, 0.3) is 11.3 Å². The number of carbonyl (C=O) groups is 1. The van der Waals surface area contributed by atoms with Crippen LogP contribution in [0.4, 0.5) is 17.5 Å². The van der Waals surface area contributed by atoms with Gasteiger partial charge in [0, 0.05) is 38.1 Å². The van der Waals surface area contributed by atoms with Gasteiger partial charge >= 0.3 is 0 Å². The molecule has 0 aromatic carbocycles. The van der Waals surface area contributed by atoms with Crippen LogP contribution in [0, 0.1) is 6.92 Å². The number of aryl methyl sites for hydroxylation is 1. The monoisotopic (exact) mass is 456 g/mol. The molecule has 1 fully saturated rings. The highest BCUT2D eigenvalue weighted by Crippen LogP contribution is 2.22. The van der Waals surface area contributed by atoms with Gasteiger partial charge in [-0.05, 0) is 38.1 Å². The van der Waals surface area contributed by atoms with E-state index in [4.69, 9.17) is 4.52 Å². The maximum absolute atomic E-state index is 12.6. The predicted octanol–water partition coefficient (Wildman–Crippen LogP) is 3.20. The summed E-state index contributed by atoms with van der Waals surface area (Å²) in [5.41, 5.74) is 3.19. The second-order valence-electron chi connectivity index (χ2n) is 8.15. The Bertz CT molecular complexity index is 1260. The number of hydrogen-bond acceptors (Lipinski definition) is 9. The van der Waals surface area contributed by atoms with Crippen LogP contribution in [0.5, 0.6) is 0 Å². The minimum absolute atomic E-state index is 0.217. The second-order valence-corrected chi connectivity index (χ2v) is 8.15. The van der Waals surface area contributed by atoms with Crippen molar-refractivity contribution in [2.75, 3.05) is 34.8 Å². The van der Waals surface area contributed by atoms with Gasteiger partial charge in [0.1, 0.15) is 12.1 Å². The van der Waals surface area contributed by atoms with Gasteiger partial charge in [0.15, 0.2) is 0 Å². The number of amides is 1. The number of anilines is 3. The maximum atomic E-state index is 12.6. The van der Waals surface area contributed by atoms with E-state index < -0.39 is 0 Å². The Hall–Kier alpha value is -4.34. The highest BCUT2D eigenvalue weighted by atomic mass is 16.5. The van der Waals surface area contributed by atoms with Gasteiger partial charge in [-0.1, -0.05) is 11.2 Å². The minimum atomic E-state index is -0.283. The molecule has 0 bridgehead atoms. The van der Waals surface area contributed by atoms with Crippen LogP contribution in [-0.4, -0.2) is 56.7 Å². The van der Waals surface area contributed by atoms with Gasteiger partial charge in [0.2, 0.25) is 5.95 Å². The summed E-state index contributed by atoms with van der Waals surface area (Å²) in [6, 6.07) is 9.63. The van der Waals surface area contributed by atoms with Crippen molar-refractivity contribution in [1.82, 2.24) is 25.1 Å². The molecule has 4 aromatic rings. The number of nitrogens with one attached hydrogen (secondary N) is 1. The summed E-state index contributed by atoms with van der Waals surface area (Å²) in [5, 5.41) is 6.68. The summed E-state index contributed by atoms with van der Waals surface area (Å²) in [6.45, 7) is 6.43. The van der Waals surface area contributed by atoms with Crippen LogP contribution in [-0.2, 0) is 0 Å². The second kappa shape index (κ2) is 9.26.